The van der Waals surface area contributed by atoms with E-state index in [4.69, 9.17) is 0 Å². The van der Waals surface area contributed by atoms with E-state index in [0.29, 0.717) is 11.8 Å². The normalized spacial score (nSPS) is 13.4. The Morgan fingerprint density at radius 3 is 2.04 bits per heavy atom. The van der Waals surface area contributed by atoms with Gasteiger partial charge in [0.15, 0.2) is 0 Å². The topological polar surface area (TPSA) is 17.1 Å². The molecule has 0 saturated carbocycles. The molecule has 0 aliphatic heterocycles. The van der Waals surface area contributed by atoms with Crippen molar-refractivity contribution in [1.29, 1.82) is 0 Å². The molecule has 1 aromatic carbocycles. The van der Waals surface area contributed by atoms with Crippen LogP contribution in [0.1, 0.15) is 23.2 Å². The van der Waals surface area contributed by atoms with Crippen LogP contribution in [0.3, 0.4) is 0 Å². The van der Waals surface area contributed by atoms with Gasteiger partial charge in [0.05, 0.1) is 6.42 Å². The molecule has 0 atom stereocenters. The summed E-state index contributed by atoms with van der Waals surface area (Å²) in [6.07, 6.45) is -8.82. The smallest absolute Gasteiger partial charge is 0.282 e. The second-order valence-electron chi connectivity index (χ2n) is 4.91. The lowest BCUT2D eigenvalue weighted by molar-refractivity contribution is -0.282. The van der Waals surface area contributed by atoms with Gasteiger partial charge in [-0.2, -0.15) is 17.6 Å². The Kier molecular flexibility index (Phi) is 6.66. The van der Waals surface area contributed by atoms with Crippen LogP contribution in [0.2, 0.25) is 0 Å². The molecule has 0 aliphatic carbocycles. The summed E-state index contributed by atoms with van der Waals surface area (Å²) < 4.78 is 102. The average molecular weight is 380 g/mol. The summed E-state index contributed by atoms with van der Waals surface area (Å²) in [4.78, 5) is 11.6. The number of carbonyl (C=O) groups is 1. The molecule has 0 amide bonds. The predicted octanol–water partition coefficient (Wildman–Crippen LogP) is 5.51. The van der Waals surface area contributed by atoms with Crippen LogP contribution >= 0.6 is 11.8 Å². The molecule has 0 N–H and O–H groups in total. The fourth-order valence-corrected chi connectivity index (χ4v) is 2.53. The Morgan fingerprint density at radius 1 is 1.00 bits per heavy atom. The summed E-state index contributed by atoms with van der Waals surface area (Å²) >= 11 is 0.397. The van der Waals surface area contributed by atoms with Crippen LogP contribution in [-0.2, 0) is 0 Å². The van der Waals surface area contributed by atoms with E-state index in [1.54, 1.807) is 6.07 Å². The third-order valence-electron chi connectivity index (χ3n) is 2.95. The van der Waals surface area contributed by atoms with Gasteiger partial charge in [0, 0.05) is 17.7 Å². The molecule has 24 heavy (non-hydrogen) atoms. The number of hydrogen-bond acceptors (Lipinski definition) is 2. The Hall–Kier alpha value is -1.32. The van der Waals surface area contributed by atoms with Gasteiger partial charge >= 0.3 is 18.3 Å². The number of benzene rings is 1. The molecule has 0 aliphatic rings. The number of thioether (sulfide) groups is 1. The van der Waals surface area contributed by atoms with Gasteiger partial charge < -0.3 is 0 Å². The zero-order chi connectivity index (χ0) is 18.6. The molecule has 0 spiro atoms. The molecule has 136 valence electrons. The Balaban J connectivity index is 2.59. The van der Waals surface area contributed by atoms with Gasteiger partial charge in [-0.05, 0) is 0 Å². The molecule has 0 unspecified atom stereocenters. The largest absolute Gasteiger partial charge is 0.369 e. The highest BCUT2D eigenvalue weighted by Gasteiger charge is 2.65. The van der Waals surface area contributed by atoms with Gasteiger partial charge in [0.25, 0.3) is 5.92 Å². The summed E-state index contributed by atoms with van der Waals surface area (Å²) in [5, 5.41) is -0.601. The molecule has 0 bridgehead atoms. The number of halogens is 8. The van der Waals surface area contributed by atoms with E-state index in [-0.39, 0.29) is 5.56 Å². The fraction of sp³-hybridized carbons (Fsp3) is 0.500. The molecular weight excluding hydrogens is 368 g/mol. The highest BCUT2D eigenvalue weighted by molar-refractivity contribution is 8.14. The average Bonchev–Trinajstić information content (AvgIpc) is 2.46. The molecule has 1 aromatic rings. The summed E-state index contributed by atoms with van der Waals surface area (Å²) in [7, 11) is 0. The lowest BCUT2D eigenvalue weighted by Crippen LogP contribution is -2.49. The highest BCUT2D eigenvalue weighted by atomic mass is 32.2. The van der Waals surface area contributed by atoms with Crippen molar-refractivity contribution in [2.45, 2.75) is 37.0 Å². The van der Waals surface area contributed by atoms with Gasteiger partial charge in [0.2, 0.25) is 5.12 Å². The van der Waals surface area contributed by atoms with E-state index in [9.17, 15) is 39.9 Å². The molecule has 1 nitrogen and oxygen atoms in total. The number of alkyl halides is 8. The van der Waals surface area contributed by atoms with E-state index < -0.39 is 47.9 Å². The number of hydrogen-bond donors (Lipinski definition) is 0. The first-order valence-electron chi connectivity index (χ1n) is 6.53. The van der Waals surface area contributed by atoms with Crippen molar-refractivity contribution in [3.05, 3.63) is 35.9 Å². The standard InChI is InChI=1S/C14H12F8OS/c15-11(16)14(21,22)13(19,20)8-12(17,18)6-7-24-10(23)9-4-2-1-3-5-9/h1-5,11H,6-8H2. The first-order valence-corrected chi connectivity index (χ1v) is 7.51. The monoisotopic (exact) mass is 380 g/mol. The maximum atomic E-state index is 13.4. The Labute approximate surface area is 136 Å². The van der Waals surface area contributed by atoms with E-state index >= 15 is 0 Å². The third-order valence-corrected chi connectivity index (χ3v) is 3.86. The fourth-order valence-electron chi connectivity index (χ4n) is 1.64. The second kappa shape index (κ2) is 7.71. The second-order valence-corrected chi connectivity index (χ2v) is 5.98. The van der Waals surface area contributed by atoms with Crippen molar-refractivity contribution in [1.82, 2.24) is 0 Å². The summed E-state index contributed by atoms with van der Waals surface area (Å²) in [5.41, 5.74) is 0.195. The first kappa shape index (κ1) is 20.7. The molecule has 1 rings (SSSR count). The van der Waals surface area contributed by atoms with Crippen LogP contribution in [0, 0.1) is 0 Å². The molecular formula is C14H12F8OS. The minimum Gasteiger partial charge on any atom is -0.282 e. The zero-order valence-corrected chi connectivity index (χ0v) is 12.7. The molecule has 0 aromatic heterocycles. The van der Waals surface area contributed by atoms with E-state index in [1.807, 2.05) is 0 Å². The third kappa shape index (κ3) is 5.35. The number of rotatable bonds is 8. The first-order chi connectivity index (χ1) is 10.9. The van der Waals surface area contributed by atoms with Gasteiger partial charge in [-0.15, -0.1) is 0 Å². The summed E-state index contributed by atoms with van der Waals surface area (Å²) in [6.45, 7) is 0. The van der Waals surface area contributed by atoms with Crippen LogP contribution in [0.15, 0.2) is 30.3 Å². The minimum absolute atomic E-state index is 0.195. The van der Waals surface area contributed by atoms with Gasteiger partial charge in [-0.25, -0.2) is 17.6 Å². The van der Waals surface area contributed by atoms with Crippen molar-refractivity contribution in [2.24, 2.45) is 0 Å². The Bertz CT molecular complexity index is 547. The van der Waals surface area contributed by atoms with Crippen molar-refractivity contribution >= 4 is 16.9 Å². The van der Waals surface area contributed by atoms with Gasteiger partial charge in [-0.3, -0.25) is 4.79 Å². The summed E-state index contributed by atoms with van der Waals surface area (Å²) in [5.74, 6) is -16.4. The van der Waals surface area contributed by atoms with E-state index in [0.717, 1.165) is 0 Å². The van der Waals surface area contributed by atoms with Crippen LogP contribution in [0.4, 0.5) is 35.1 Å². The van der Waals surface area contributed by atoms with Crippen molar-refractivity contribution in [2.75, 3.05) is 5.75 Å². The van der Waals surface area contributed by atoms with Crippen molar-refractivity contribution in [3.8, 4) is 0 Å². The number of carbonyl (C=O) groups excluding carboxylic acids is 1. The van der Waals surface area contributed by atoms with Crippen LogP contribution < -0.4 is 0 Å². The quantitative estimate of drug-likeness (QED) is 0.553. The predicted molar refractivity (Wildman–Crippen MR) is 73.3 cm³/mol. The summed E-state index contributed by atoms with van der Waals surface area (Å²) in [6, 6.07) is 7.47. The van der Waals surface area contributed by atoms with Gasteiger partial charge in [0.1, 0.15) is 0 Å². The van der Waals surface area contributed by atoms with Crippen molar-refractivity contribution in [3.63, 3.8) is 0 Å². The van der Waals surface area contributed by atoms with E-state index in [2.05, 4.69) is 0 Å². The molecule has 0 heterocycles. The molecule has 0 fully saturated rings. The molecule has 10 heteroatoms. The minimum atomic E-state index is -5.86. The maximum Gasteiger partial charge on any atom is 0.369 e. The van der Waals surface area contributed by atoms with Crippen LogP contribution in [0.5, 0.6) is 0 Å². The van der Waals surface area contributed by atoms with Crippen molar-refractivity contribution < 1.29 is 39.9 Å². The van der Waals surface area contributed by atoms with Gasteiger partial charge in [-0.1, -0.05) is 42.1 Å². The lowest BCUT2D eigenvalue weighted by atomic mass is 10.0. The SMILES string of the molecule is O=C(SCCC(F)(F)CC(F)(F)C(F)(F)C(F)F)c1ccccc1. The molecule has 0 radical (unpaired) electrons. The van der Waals surface area contributed by atoms with E-state index in [1.165, 1.54) is 24.3 Å². The molecule has 0 saturated heterocycles. The zero-order valence-electron chi connectivity index (χ0n) is 11.9. The Morgan fingerprint density at radius 2 is 1.54 bits per heavy atom. The van der Waals surface area contributed by atoms with Crippen LogP contribution in [0.25, 0.3) is 0 Å². The lowest BCUT2D eigenvalue weighted by Gasteiger charge is -2.29. The maximum absolute atomic E-state index is 13.4. The highest BCUT2D eigenvalue weighted by Crippen LogP contribution is 2.46. The van der Waals surface area contributed by atoms with Crippen LogP contribution in [-0.4, -0.2) is 35.1 Å².